The van der Waals surface area contributed by atoms with Crippen LogP contribution in [0.15, 0.2) is 40.0 Å². The van der Waals surface area contributed by atoms with Gasteiger partial charge in [-0.2, -0.15) is 5.10 Å². The predicted molar refractivity (Wildman–Crippen MR) is 93.0 cm³/mol. The van der Waals surface area contributed by atoms with Gasteiger partial charge >= 0.3 is 0 Å². The van der Waals surface area contributed by atoms with Crippen molar-refractivity contribution in [3.8, 4) is 0 Å². The van der Waals surface area contributed by atoms with Crippen LogP contribution in [0.3, 0.4) is 0 Å². The van der Waals surface area contributed by atoms with E-state index in [1.54, 1.807) is 37.3 Å². The average molecular weight is 363 g/mol. The minimum Gasteiger partial charge on any atom is -0.377 e. The van der Waals surface area contributed by atoms with Crippen LogP contribution in [0.1, 0.15) is 29.7 Å². The Bertz CT molecular complexity index is 885. The number of hydrogen-bond donors (Lipinski definition) is 2. The standard InChI is InChI=1S/C17H21N3O4S/c1-12-9-14(17(21)20-19-12)10-13-4-6-16(7-5-13)25(22,23)18-11-15-3-2-8-24-15/h4-7,9,15,18H,2-3,8,10-11H2,1H3,(H,20,21). The third-order valence-corrected chi connectivity index (χ3v) is 5.60. The van der Waals surface area contributed by atoms with Gasteiger partial charge in [-0.1, -0.05) is 12.1 Å². The third-order valence-electron chi connectivity index (χ3n) is 4.16. The monoisotopic (exact) mass is 363 g/mol. The second kappa shape index (κ2) is 7.47. The van der Waals surface area contributed by atoms with Crippen LogP contribution in [-0.2, 0) is 21.2 Å². The maximum absolute atomic E-state index is 12.3. The Balaban J connectivity index is 1.68. The second-order valence-electron chi connectivity index (χ2n) is 6.17. The lowest BCUT2D eigenvalue weighted by atomic mass is 10.1. The maximum atomic E-state index is 12.3. The normalized spacial score (nSPS) is 17.7. The molecule has 134 valence electrons. The van der Waals surface area contributed by atoms with Gasteiger partial charge in [0.2, 0.25) is 10.0 Å². The number of ether oxygens (including phenoxy) is 1. The molecule has 0 radical (unpaired) electrons. The van der Waals surface area contributed by atoms with Crippen LogP contribution >= 0.6 is 0 Å². The highest BCUT2D eigenvalue weighted by Gasteiger charge is 2.20. The fourth-order valence-corrected chi connectivity index (χ4v) is 3.86. The Kier molecular flexibility index (Phi) is 5.31. The van der Waals surface area contributed by atoms with E-state index in [2.05, 4.69) is 14.9 Å². The van der Waals surface area contributed by atoms with Gasteiger partial charge < -0.3 is 4.74 Å². The van der Waals surface area contributed by atoms with E-state index in [9.17, 15) is 13.2 Å². The molecule has 1 fully saturated rings. The number of aromatic nitrogens is 2. The molecule has 3 rings (SSSR count). The lowest BCUT2D eigenvalue weighted by molar-refractivity contribution is 0.114. The minimum atomic E-state index is -3.56. The molecule has 1 unspecified atom stereocenters. The third kappa shape index (κ3) is 4.53. The van der Waals surface area contributed by atoms with Crippen molar-refractivity contribution in [2.24, 2.45) is 0 Å². The first-order valence-corrected chi connectivity index (χ1v) is 9.68. The van der Waals surface area contributed by atoms with Gasteiger partial charge in [-0.3, -0.25) is 4.79 Å². The molecule has 0 bridgehead atoms. The zero-order valence-corrected chi connectivity index (χ0v) is 14.8. The van der Waals surface area contributed by atoms with Crippen molar-refractivity contribution in [1.29, 1.82) is 0 Å². The highest BCUT2D eigenvalue weighted by Crippen LogP contribution is 2.15. The number of aromatic amines is 1. The number of sulfonamides is 1. The molecule has 2 N–H and O–H groups in total. The first-order chi connectivity index (χ1) is 11.9. The molecule has 2 aromatic rings. The molecule has 0 aliphatic carbocycles. The molecular formula is C17H21N3O4S. The van der Waals surface area contributed by atoms with E-state index in [4.69, 9.17) is 4.74 Å². The van der Waals surface area contributed by atoms with E-state index in [1.807, 2.05) is 0 Å². The van der Waals surface area contributed by atoms with E-state index in [-0.39, 0.29) is 23.1 Å². The molecule has 0 saturated carbocycles. The summed E-state index contributed by atoms with van der Waals surface area (Å²) in [6.45, 7) is 2.78. The van der Waals surface area contributed by atoms with Gasteiger partial charge in [0.25, 0.3) is 5.56 Å². The Morgan fingerprint density at radius 1 is 1.32 bits per heavy atom. The average Bonchev–Trinajstić information content (AvgIpc) is 3.11. The van der Waals surface area contributed by atoms with E-state index < -0.39 is 10.0 Å². The summed E-state index contributed by atoms with van der Waals surface area (Å²) in [5.74, 6) is 0. The summed E-state index contributed by atoms with van der Waals surface area (Å²) in [6.07, 6.45) is 2.22. The Hall–Kier alpha value is -2.03. The van der Waals surface area contributed by atoms with Crippen LogP contribution in [0, 0.1) is 6.92 Å². The first kappa shape index (κ1) is 17.8. The van der Waals surface area contributed by atoms with Crippen molar-refractivity contribution in [2.45, 2.75) is 37.2 Å². The van der Waals surface area contributed by atoms with Crippen molar-refractivity contribution in [3.05, 3.63) is 57.5 Å². The topological polar surface area (TPSA) is 101 Å². The molecule has 2 heterocycles. The van der Waals surface area contributed by atoms with Gasteiger partial charge in [0, 0.05) is 25.1 Å². The van der Waals surface area contributed by atoms with E-state index in [0.29, 0.717) is 18.6 Å². The van der Waals surface area contributed by atoms with Gasteiger partial charge in [-0.25, -0.2) is 18.2 Å². The molecule has 8 heteroatoms. The summed E-state index contributed by atoms with van der Waals surface area (Å²) in [7, 11) is -3.56. The van der Waals surface area contributed by atoms with Crippen LogP contribution in [-0.4, -0.2) is 37.9 Å². The van der Waals surface area contributed by atoms with E-state index in [1.165, 1.54) is 0 Å². The number of nitrogens with zero attached hydrogens (tertiary/aromatic N) is 1. The summed E-state index contributed by atoms with van der Waals surface area (Å²) in [6, 6.07) is 8.27. The molecule has 1 aromatic heterocycles. The lowest BCUT2D eigenvalue weighted by Crippen LogP contribution is -2.31. The second-order valence-corrected chi connectivity index (χ2v) is 7.94. The number of nitrogens with one attached hydrogen (secondary N) is 2. The Labute approximate surface area is 146 Å². The summed E-state index contributed by atoms with van der Waals surface area (Å²) in [5, 5.41) is 6.29. The van der Waals surface area contributed by atoms with Crippen LogP contribution in [0.2, 0.25) is 0 Å². The van der Waals surface area contributed by atoms with Crippen LogP contribution in [0.4, 0.5) is 0 Å². The number of H-pyrrole nitrogens is 1. The number of benzene rings is 1. The van der Waals surface area contributed by atoms with Crippen molar-refractivity contribution < 1.29 is 13.2 Å². The lowest BCUT2D eigenvalue weighted by Gasteiger charge is -2.11. The molecule has 1 saturated heterocycles. The van der Waals surface area contributed by atoms with E-state index >= 15 is 0 Å². The van der Waals surface area contributed by atoms with Crippen LogP contribution in [0.25, 0.3) is 0 Å². The zero-order chi connectivity index (χ0) is 17.9. The van der Waals surface area contributed by atoms with Crippen LogP contribution in [0.5, 0.6) is 0 Å². The quantitative estimate of drug-likeness (QED) is 0.801. The number of hydrogen-bond acceptors (Lipinski definition) is 5. The van der Waals surface area contributed by atoms with Crippen LogP contribution < -0.4 is 10.3 Å². The fourth-order valence-electron chi connectivity index (χ4n) is 2.79. The smallest absolute Gasteiger partial charge is 0.267 e. The maximum Gasteiger partial charge on any atom is 0.267 e. The van der Waals surface area contributed by atoms with Gasteiger partial charge in [0.15, 0.2) is 0 Å². The van der Waals surface area contributed by atoms with Crippen molar-refractivity contribution in [3.63, 3.8) is 0 Å². The van der Waals surface area contributed by atoms with Gasteiger partial charge in [-0.15, -0.1) is 0 Å². The molecule has 1 aromatic carbocycles. The highest BCUT2D eigenvalue weighted by molar-refractivity contribution is 7.89. The summed E-state index contributed by atoms with van der Waals surface area (Å²) in [4.78, 5) is 12.0. The largest absolute Gasteiger partial charge is 0.377 e. The molecule has 1 aliphatic rings. The van der Waals surface area contributed by atoms with Gasteiger partial charge in [-0.05, 0) is 43.5 Å². The first-order valence-electron chi connectivity index (χ1n) is 8.19. The predicted octanol–water partition coefficient (Wildman–Crippen LogP) is 1.13. The van der Waals surface area contributed by atoms with Crippen molar-refractivity contribution in [2.75, 3.05) is 13.2 Å². The number of rotatable bonds is 6. The summed E-state index contributed by atoms with van der Waals surface area (Å²) < 4.78 is 32.7. The van der Waals surface area contributed by atoms with Gasteiger partial charge in [0.05, 0.1) is 16.7 Å². The molecule has 25 heavy (non-hydrogen) atoms. The van der Waals surface area contributed by atoms with Crippen molar-refractivity contribution in [1.82, 2.24) is 14.9 Å². The minimum absolute atomic E-state index is 0.0456. The SMILES string of the molecule is Cc1cc(Cc2ccc(S(=O)(=O)NCC3CCCO3)cc2)c(=O)[nH]n1. The highest BCUT2D eigenvalue weighted by atomic mass is 32.2. The molecular weight excluding hydrogens is 342 g/mol. The van der Waals surface area contributed by atoms with Crippen molar-refractivity contribution >= 4 is 10.0 Å². The summed E-state index contributed by atoms with van der Waals surface area (Å²) >= 11 is 0. The number of aryl methyl sites for hydroxylation is 1. The van der Waals surface area contributed by atoms with Gasteiger partial charge in [0.1, 0.15) is 0 Å². The Morgan fingerprint density at radius 3 is 2.76 bits per heavy atom. The zero-order valence-electron chi connectivity index (χ0n) is 14.0. The molecule has 7 nitrogen and oxygen atoms in total. The Morgan fingerprint density at radius 2 is 2.08 bits per heavy atom. The molecule has 1 atom stereocenters. The molecule has 1 aliphatic heterocycles. The molecule has 0 spiro atoms. The molecule has 0 amide bonds. The van der Waals surface area contributed by atoms with E-state index in [0.717, 1.165) is 24.1 Å². The fraction of sp³-hybridized carbons (Fsp3) is 0.412. The summed E-state index contributed by atoms with van der Waals surface area (Å²) in [5.41, 5.74) is 1.95.